The Balaban J connectivity index is 1.64. The van der Waals surface area contributed by atoms with E-state index in [-0.39, 0.29) is 5.91 Å². The van der Waals surface area contributed by atoms with E-state index in [2.05, 4.69) is 24.1 Å². The molecule has 0 radical (unpaired) electrons. The Morgan fingerprint density at radius 3 is 2.26 bits per heavy atom. The van der Waals surface area contributed by atoms with E-state index in [0.717, 1.165) is 30.3 Å². The van der Waals surface area contributed by atoms with Crippen molar-refractivity contribution in [3.63, 3.8) is 0 Å². The lowest BCUT2D eigenvalue weighted by molar-refractivity contribution is 0.102. The molecule has 0 spiro atoms. The number of aryl methyl sites for hydroxylation is 1. The third-order valence-corrected chi connectivity index (χ3v) is 4.52. The first kappa shape index (κ1) is 18.9. The number of para-hydroxylation sites is 1. The first-order chi connectivity index (χ1) is 13.0. The van der Waals surface area contributed by atoms with Gasteiger partial charge in [-0.1, -0.05) is 30.3 Å². The van der Waals surface area contributed by atoms with Crippen molar-refractivity contribution >= 4 is 11.6 Å². The summed E-state index contributed by atoms with van der Waals surface area (Å²) in [5.74, 6) is 1.81. The number of carbonyl (C=O) groups excluding carboxylic acids is 1. The number of nitrogens with one attached hydrogen (secondary N) is 1. The molecular weight excluding hydrogens is 336 g/mol. The molecule has 3 rings (SSSR count). The van der Waals surface area contributed by atoms with Crippen LogP contribution in [0.25, 0.3) is 0 Å². The van der Waals surface area contributed by atoms with Crippen LogP contribution in [0.4, 0.5) is 5.69 Å². The molecular formula is C23H26N2O2. The molecule has 140 valence electrons. The van der Waals surface area contributed by atoms with Crippen LogP contribution in [0.3, 0.4) is 0 Å². The molecule has 0 saturated carbocycles. The molecule has 1 amide bonds. The minimum atomic E-state index is -0.0977. The van der Waals surface area contributed by atoms with Gasteiger partial charge in [-0.05, 0) is 62.7 Å². The Morgan fingerprint density at radius 2 is 1.67 bits per heavy atom. The number of amides is 1. The van der Waals surface area contributed by atoms with Gasteiger partial charge in [-0.2, -0.15) is 0 Å². The molecule has 2 aromatic carbocycles. The quantitative estimate of drug-likeness (QED) is 0.624. The number of furan rings is 1. The molecule has 0 aliphatic rings. The van der Waals surface area contributed by atoms with Gasteiger partial charge < -0.3 is 9.73 Å². The second-order valence-electron chi connectivity index (χ2n) is 7.03. The van der Waals surface area contributed by atoms with Gasteiger partial charge in [0.15, 0.2) is 0 Å². The van der Waals surface area contributed by atoms with E-state index in [1.54, 1.807) is 0 Å². The van der Waals surface area contributed by atoms with Crippen LogP contribution in [0.2, 0.25) is 0 Å². The van der Waals surface area contributed by atoms with E-state index in [0.29, 0.717) is 11.6 Å². The van der Waals surface area contributed by atoms with Crippen LogP contribution in [0.1, 0.15) is 41.3 Å². The van der Waals surface area contributed by atoms with Crippen LogP contribution in [0, 0.1) is 6.92 Å². The van der Waals surface area contributed by atoms with E-state index >= 15 is 0 Å². The molecule has 0 unspecified atom stereocenters. The molecule has 0 aliphatic carbocycles. The molecule has 1 heterocycles. The third-order valence-electron chi connectivity index (χ3n) is 4.52. The molecule has 4 heteroatoms. The second-order valence-corrected chi connectivity index (χ2v) is 7.03. The maximum absolute atomic E-state index is 12.4. The number of carbonyl (C=O) groups is 1. The van der Waals surface area contributed by atoms with E-state index in [4.69, 9.17) is 4.42 Å². The van der Waals surface area contributed by atoms with E-state index in [1.807, 2.05) is 73.7 Å². The molecule has 1 aromatic heterocycles. The molecule has 27 heavy (non-hydrogen) atoms. The fraction of sp³-hybridized carbons (Fsp3) is 0.261. The largest absolute Gasteiger partial charge is 0.465 e. The van der Waals surface area contributed by atoms with Crippen molar-refractivity contribution in [1.29, 1.82) is 0 Å². The van der Waals surface area contributed by atoms with Gasteiger partial charge in [0.25, 0.3) is 5.91 Å². The topological polar surface area (TPSA) is 45.5 Å². The fourth-order valence-electron chi connectivity index (χ4n) is 2.91. The molecule has 1 N–H and O–H groups in total. The first-order valence-electron chi connectivity index (χ1n) is 9.26. The standard InChI is InChI=1S/C23H26N2O2/c1-17(2)25(16-22-14-9-18(3)27-22)15-19-10-12-20(13-11-19)23(26)24-21-7-5-4-6-8-21/h4-14,17H,15-16H2,1-3H3,(H,24,26). The van der Waals surface area contributed by atoms with Gasteiger partial charge in [0.05, 0.1) is 6.54 Å². The molecule has 0 atom stereocenters. The Bertz CT molecular complexity index is 867. The molecule has 0 saturated heterocycles. The summed E-state index contributed by atoms with van der Waals surface area (Å²) >= 11 is 0. The maximum atomic E-state index is 12.4. The van der Waals surface area contributed by atoms with Crippen LogP contribution >= 0.6 is 0 Å². The summed E-state index contributed by atoms with van der Waals surface area (Å²) in [6.45, 7) is 7.89. The summed E-state index contributed by atoms with van der Waals surface area (Å²) < 4.78 is 5.71. The normalized spacial score (nSPS) is 11.1. The van der Waals surface area contributed by atoms with Gasteiger partial charge in [0.2, 0.25) is 0 Å². The van der Waals surface area contributed by atoms with Crippen molar-refractivity contribution in [3.05, 3.63) is 89.4 Å². The lowest BCUT2D eigenvalue weighted by atomic mass is 10.1. The number of benzene rings is 2. The predicted octanol–water partition coefficient (Wildman–Crippen LogP) is 5.25. The van der Waals surface area contributed by atoms with Gasteiger partial charge in [-0.15, -0.1) is 0 Å². The summed E-state index contributed by atoms with van der Waals surface area (Å²) in [5.41, 5.74) is 2.62. The summed E-state index contributed by atoms with van der Waals surface area (Å²) in [5, 5.41) is 2.91. The van der Waals surface area contributed by atoms with Gasteiger partial charge >= 0.3 is 0 Å². The lowest BCUT2D eigenvalue weighted by Gasteiger charge is -2.25. The number of hydrogen-bond acceptors (Lipinski definition) is 3. The van der Waals surface area contributed by atoms with E-state index in [9.17, 15) is 4.79 Å². The van der Waals surface area contributed by atoms with Crippen molar-refractivity contribution in [2.75, 3.05) is 5.32 Å². The van der Waals surface area contributed by atoms with Crippen molar-refractivity contribution in [2.45, 2.75) is 39.9 Å². The summed E-state index contributed by atoms with van der Waals surface area (Å²) in [7, 11) is 0. The Labute approximate surface area is 160 Å². The SMILES string of the molecule is Cc1ccc(CN(Cc2ccc(C(=O)Nc3ccccc3)cc2)C(C)C)o1. The monoisotopic (exact) mass is 362 g/mol. The van der Waals surface area contributed by atoms with Gasteiger partial charge in [0, 0.05) is 23.8 Å². The zero-order valence-corrected chi connectivity index (χ0v) is 16.1. The third kappa shape index (κ3) is 5.31. The van der Waals surface area contributed by atoms with Gasteiger partial charge in [-0.25, -0.2) is 0 Å². The lowest BCUT2D eigenvalue weighted by Crippen LogP contribution is -2.29. The van der Waals surface area contributed by atoms with Gasteiger partial charge in [-0.3, -0.25) is 9.69 Å². The highest BCUT2D eigenvalue weighted by molar-refractivity contribution is 6.04. The summed E-state index contributed by atoms with van der Waals surface area (Å²) in [6.07, 6.45) is 0. The molecule has 0 fully saturated rings. The average Bonchev–Trinajstić information content (AvgIpc) is 3.07. The zero-order valence-electron chi connectivity index (χ0n) is 16.1. The summed E-state index contributed by atoms with van der Waals surface area (Å²) in [6, 6.07) is 21.7. The highest BCUT2D eigenvalue weighted by Gasteiger charge is 2.14. The smallest absolute Gasteiger partial charge is 0.255 e. The predicted molar refractivity (Wildman–Crippen MR) is 109 cm³/mol. The van der Waals surface area contributed by atoms with Crippen LogP contribution in [0.5, 0.6) is 0 Å². The number of hydrogen-bond donors (Lipinski definition) is 1. The van der Waals surface area contributed by atoms with Crippen molar-refractivity contribution < 1.29 is 9.21 Å². The molecule has 0 bridgehead atoms. The Kier molecular flexibility index (Phi) is 6.09. The number of nitrogens with zero attached hydrogens (tertiary/aromatic N) is 1. The van der Waals surface area contributed by atoms with Crippen molar-refractivity contribution in [1.82, 2.24) is 4.90 Å². The molecule has 4 nitrogen and oxygen atoms in total. The van der Waals surface area contributed by atoms with Crippen LogP contribution in [0.15, 0.2) is 71.1 Å². The fourth-order valence-corrected chi connectivity index (χ4v) is 2.91. The van der Waals surface area contributed by atoms with Gasteiger partial charge in [0.1, 0.15) is 11.5 Å². The minimum absolute atomic E-state index is 0.0977. The second kappa shape index (κ2) is 8.69. The Hall–Kier alpha value is -2.85. The number of rotatable bonds is 7. The first-order valence-corrected chi connectivity index (χ1v) is 9.26. The zero-order chi connectivity index (χ0) is 19.2. The highest BCUT2D eigenvalue weighted by Crippen LogP contribution is 2.16. The average molecular weight is 362 g/mol. The van der Waals surface area contributed by atoms with E-state index in [1.165, 1.54) is 5.56 Å². The molecule has 3 aromatic rings. The molecule has 0 aliphatic heterocycles. The van der Waals surface area contributed by atoms with Crippen molar-refractivity contribution in [2.24, 2.45) is 0 Å². The van der Waals surface area contributed by atoms with Crippen molar-refractivity contribution in [3.8, 4) is 0 Å². The minimum Gasteiger partial charge on any atom is -0.465 e. The van der Waals surface area contributed by atoms with E-state index < -0.39 is 0 Å². The Morgan fingerprint density at radius 1 is 0.963 bits per heavy atom. The summed E-state index contributed by atoms with van der Waals surface area (Å²) in [4.78, 5) is 14.7. The highest BCUT2D eigenvalue weighted by atomic mass is 16.3. The number of anilines is 1. The van der Waals surface area contributed by atoms with Crippen LogP contribution in [-0.4, -0.2) is 16.8 Å². The maximum Gasteiger partial charge on any atom is 0.255 e. The van der Waals surface area contributed by atoms with Crippen LogP contribution in [-0.2, 0) is 13.1 Å². The van der Waals surface area contributed by atoms with Crippen LogP contribution < -0.4 is 5.32 Å².